The quantitative estimate of drug-likeness (QED) is 0.886. The van der Waals surface area contributed by atoms with Crippen LogP contribution in [0.15, 0.2) is 18.2 Å². The summed E-state index contributed by atoms with van der Waals surface area (Å²) < 4.78 is 0.125. The van der Waals surface area contributed by atoms with Crippen molar-refractivity contribution in [1.29, 1.82) is 0 Å². The third-order valence-corrected chi connectivity index (χ3v) is 3.56. The summed E-state index contributed by atoms with van der Waals surface area (Å²) >= 11 is 1.66. The lowest BCUT2D eigenvalue weighted by atomic mass is 10.1. The van der Waals surface area contributed by atoms with Gasteiger partial charge in [-0.1, -0.05) is 38.5 Å². The molecule has 94 valence electrons. The highest BCUT2D eigenvalue weighted by Crippen LogP contribution is 2.23. The number of carbonyl (C=O) groups excluding carboxylic acids is 1. The second-order valence-electron chi connectivity index (χ2n) is 5.27. The number of carbonyl (C=O) groups is 1. The van der Waals surface area contributed by atoms with E-state index in [1.165, 1.54) is 5.56 Å². The van der Waals surface area contributed by atoms with Crippen LogP contribution < -0.4 is 5.32 Å². The number of nitrogens with one attached hydrogen (secondary N) is 1. The number of hydrogen-bond acceptors (Lipinski definition) is 2. The van der Waals surface area contributed by atoms with Crippen LogP contribution in [0.3, 0.4) is 0 Å². The Morgan fingerprint density at radius 2 is 1.94 bits per heavy atom. The normalized spacial score (nSPS) is 11.4. The fraction of sp³-hybridized carbons (Fsp3) is 0.500. The van der Waals surface area contributed by atoms with Crippen LogP contribution >= 0.6 is 11.8 Å². The maximum atomic E-state index is 11.8. The van der Waals surface area contributed by atoms with Gasteiger partial charge in [0.2, 0.25) is 5.91 Å². The second kappa shape index (κ2) is 5.58. The maximum absolute atomic E-state index is 11.8. The highest BCUT2D eigenvalue weighted by molar-refractivity contribution is 8.01. The van der Waals surface area contributed by atoms with Crippen LogP contribution in [-0.4, -0.2) is 16.4 Å². The molecule has 2 nitrogen and oxygen atoms in total. The Bertz CT molecular complexity index is 407. The summed E-state index contributed by atoms with van der Waals surface area (Å²) in [7, 11) is 0. The lowest BCUT2D eigenvalue weighted by molar-refractivity contribution is -0.113. The summed E-state index contributed by atoms with van der Waals surface area (Å²) in [5, 5.41) is 2.95. The van der Waals surface area contributed by atoms with Crippen LogP contribution in [0.4, 0.5) is 5.69 Å². The van der Waals surface area contributed by atoms with Crippen molar-refractivity contribution in [3.05, 3.63) is 29.3 Å². The standard InChI is InChI=1S/C14H21NOS/c1-10-6-7-12(11(2)8-10)15-13(16)9-17-14(3,4)5/h6-8H,9H2,1-5H3,(H,15,16). The zero-order valence-corrected chi connectivity index (χ0v) is 12.1. The molecule has 0 aliphatic carbocycles. The topological polar surface area (TPSA) is 29.1 Å². The molecule has 0 fully saturated rings. The summed E-state index contributed by atoms with van der Waals surface area (Å²) in [6.45, 7) is 10.4. The van der Waals surface area contributed by atoms with E-state index in [-0.39, 0.29) is 10.7 Å². The summed E-state index contributed by atoms with van der Waals surface area (Å²) in [5.74, 6) is 0.563. The summed E-state index contributed by atoms with van der Waals surface area (Å²) in [6, 6.07) is 6.05. The van der Waals surface area contributed by atoms with Gasteiger partial charge in [0.05, 0.1) is 5.75 Å². The van der Waals surface area contributed by atoms with Crippen LogP contribution in [0.5, 0.6) is 0 Å². The zero-order valence-electron chi connectivity index (χ0n) is 11.3. The van der Waals surface area contributed by atoms with Gasteiger partial charge in [-0.15, -0.1) is 11.8 Å². The van der Waals surface area contributed by atoms with Gasteiger partial charge >= 0.3 is 0 Å². The molecule has 1 aromatic carbocycles. The van der Waals surface area contributed by atoms with Gasteiger partial charge in [-0.3, -0.25) is 4.79 Å². The van der Waals surface area contributed by atoms with Crippen LogP contribution in [0.1, 0.15) is 31.9 Å². The maximum Gasteiger partial charge on any atom is 0.234 e. The van der Waals surface area contributed by atoms with E-state index >= 15 is 0 Å². The molecule has 1 rings (SSSR count). The Hall–Kier alpha value is -0.960. The first-order chi connectivity index (χ1) is 7.78. The number of rotatable bonds is 3. The summed E-state index contributed by atoms with van der Waals surface area (Å²) in [5.41, 5.74) is 3.23. The van der Waals surface area contributed by atoms with E-state index in [0.717, 1.165) is 11.3 Å². The van der Waals surface area contributed by atoms with Crippen LogP contribution in [0.25, 0.3) is 0 Å². The smallest absolute Gasteiger partial charge is 0.234 e. The van der Waals surface area contributed by atoms with Gasteiger partial charge in [-0.2, -0.15) is 0 Å². The third kappa shape index (κ3) is 5.26. The molecule has 1 aromatic rings. The van der Waals surface area contributed by atoms with Crippen molar-refractivity contribution in [3.63, 3.8) is 0 Å². The molecular formula is C14H21NOS. The fourth-order valence-electron chi connectivity index (χ4n) is 1.42. The monoisotopic (exact) mass is 251 g/mol. The van der Waals surface area contributed by atoms with Gasteiger partial charge in [0.25, 0.3) is 0 Å². The molecule has 1 amide bonds. The lowest BCUT2D eigenvalue weighted by Crippen LogP contribution is -2.19. The Balaban J connectivity index is 2.57. The Morgan fingerprint density at radius 3 is 2.47 bits per heavy atom. The van der Waals surface area contributed by atoms with Gasteiger partial charge in [-0.05, 0) is 25.5 Å². The van der Waals surface area contributed by atoms with Crippen molar-refractivity contribution >= 4 is 23.4 Å². The number of benzene rings is 1. The molecule has 0 aliphatic heterocycles. The molecule has 0 saturated heterocycles. The van der Waals surface area contributed by atoms with Gasteiger partial charge < -0.3 is 5.32 Å². The van der Waals surface area contributed by atoms with Crippen molar-refractivity contribution < 1.29 is 4.79 Å². The van der Waals surface area contributed by atoms with Crippen LogP contribution in [0, 0.1) is 13.8 Å². The first-order valence-corrected chi connectivity index (χ1v) is 6.77. The van der Waals surface area contributed by atoms with Gasteiger partial charge in [0.15, 0.2) is 0 Å². The van der Waals surface area contributed by atoms with E-state index in [4.69, 9.17) is 0 Å². The van der Waals surface area contributed by atoms with Gasteiger partial charge in [-0.25, -0.2) is 0 Å². The average molecular weight is 251 g/mol. The molecule has 3 heteroatoms. The van der Waals surface area contributed by atoms with Crippen molar-refractivity contribution in [3.8, 4) is 0 Å². The molecular weight excluding hydrogens is 230 g/mol. The molecule has 0 atom stereocenters. The third-order valence-electron chi connectivity index (χ3n) is 2.29. The minimum absolute atomic E-state index is 0.0666. The molecule has 0 spiro atoms. The lowest BCUT2D eigenvalue weighted by Gasteiger charge is -2.17. The van der Waals surface area contributed by atoms with E-state index < -0.39 is 0 Å². The zero-order chi connectivity index (χ0) is 13.1. The number of anilines is 1. The minimum atomic E-state index is 0.0666. The van der Waals surface area contributed by atoms with Crippen molar-refractivity contribution in [2.75, 3.05) is 11.1 Å². The fourth-order valence-corrected chi connectivity index (χ4v) is 2.06. The largest absolute Gasteiger partial charge is 0.325 e. The van der Waals surface area contributed by atoms with E-state index in [1.54, 1.807) is 11.8 Å². The van der Waals surface area contributed by atoms with Crippen molar-refractivity contribution in [1.82, 2.24) is 0 Å². The summed E-state index contributed by atoms with van der Waals surface area (Å²) in [4.78, 5) is 11.8. The van der Waals surface area contributed by atoms with Gasteiger partial charge in [0, 0.05) is 10.4 Å². The Labute approximate surface area is 108 Å². The number of thioether (sulfide) groups is 1. The van der Waals surface area contributed by atoms with E-state index in [9.17, 15) is 4.79 Å². The summed E-state index contributed by atoms with van der Waals surface area (Å²) in [6.07, 6.45) is 0. The van der Waals surface area contributed by atoms with E-state index in [1.807, 2.05) is 26.0 Å². The molecule has 1 N–H and O–H groups in total. The molecule has 0 saturated carbocycles. The second-order valence-corrected chi connectivity index (χ2v) is 7.07. The Kier molecular flexibility index (Phi) is 4.63. The number of hydrogen-bond donors (Lipinski definition) is 1. The first kappa shape index (κ1) is 14.1. The molecule has 0 aromatic heterocycles. The Morgan fingerprint density at radius 1 is 1.29 bits per heavy atom. The predicted molar refractivity (Wildman–Crippen MR) is 76.8 cm³/mol. The number of amides is 1. The van der Waals surface area contributed by atoms with Crippen LogP contribution in [-0.2, 0) is 4.79 Å². The molecule has 0 bridgehead atoms. The molecule has 0 unspecified atom stereocenters. The molecule has 0 radical (unpaired) electrons. The van der Waals surface area contributed by atoms with Crippen molar-refractivity contribution in [2.24, 2.45) is 0 Å². The molecule has 0 heterocycles. The average Bonchev–Trinajstić information content (AvgIpc) is 2.18. The van der Waals surface area contributed by atoms with Crippen LogP contribution in [0.2, 0.25) is 0 Å². The minimum Gasteiger partial charge on any atom is -0.325 e. The molecule has 17 heavy (non-hydrogen) atoms. The predicted octanol–water partition coefficient (Wildman–Crippen LogP) is 3.77. The highest BCUT2D eigenvalue weighted by Gasteiger charge is 2.13. The first-order valence-electron chi connectivity index (χ1n) is 5.79. The highest BCUT2D eigenvalue weighted by atomic mass is 32.2. The molecule has 0 aliphatic rings. The van der Waals surface area contributed by atoms with Gasteiger partial charge in [0.1, 0.15) is 0 Å². The van der Waals surface area contributed by atoms with E-state index in [2.05, 4.69) is 32.2 Å². The van der Waals surface area contributed by atoms with E-state index in [0.29, 0.717) is 5.75 Å². The number of aryl methyl sites for hydroxylation is 2. The van der Waals surface area contributed by atoms with Crippen molar-refractivity contribution in [2.45, 2.75) is 39.4 Å². The SMILES string of the molecule is Cc1ccc(NC(=O)CSC(C)(C)C)c(C)c1.